The molecule has 0 aliphatic carbocycles. The lowest BCUT2D eigenvalue weighted by atomic mass is 10.1. The van der Waals surface area contributed by atoms with E-state index in [1.54, 1.807) is 0 Å². The summed E-state index contributed by atoms with van der Waals surface area (Å²) in [6.45, 7) is 0. The number of primary amides is 1. The third-order valence-electron chi connectivity index (χ3n) is 2.94. The van der Waals surface area contributed by atoms with Crippen molar-refractivity contribution in [3.8, 4) is 0 Å². The van der Waals surface area contributed by atoms with Crippen LogP contribution in [0.5, 0.6) is 0 Å². The van der Waals surface area contributed by atoms with Crippen LogP contribution in [0.3, 0.4) is 0 Å². The van der Waals surface area contributed by atoms with Crippen LogP contribution >= 0.6 is 11.3 Å². The molecule has 3 aromatic rings. The lowest BCUT2D eigenvalue weighted by Gasteiger charge is -2.16. The van der Waals surface area contributed by atoms with Gasteiger partial charge < -0.3 is 11.1 Å². The molecule has 0 unspecified atom stereocenters. The number of nitrogens with one attached hydrogen (secondary N) is 1. The Bertz CT molecular complexity index is 741. The summed E-state index contributed by atoms with van der Waals surface area (Å²) in [5, 5.41) is 5.05. The van der Waals surface area contributed by atoms with Crippen molar-refractivity contribution in [2.24, 2.45) is 5.73 Å². The molecule has 3 rings (SSSR count). The lowest BCUT2D eigenvalue weighted by Crippen LogP contribution is -2.28. The van der Waals surface area contributed by atoms with Crippen molar-refractivity contribution in [3.05, 3.63) is 53.7 Å². The van der Waals surface area contributed by atoms with E-state index in [4.69, 9.17) is 5.73 Å². The Hall–Kier alpha value is -2.47. The van der Waals surface area contributed by atoms with E-state index in [2.05, 4.69) is 15.3 Å². The molecule has 0 saturated carbocycles. The summed E-state index contributed by atoms with van der Waals surface area (Å²) in [5.74, 6) is 0.178. The fraction of sp³-hybridized carbons (Fsp3) is 0.0714. The van der Waals surface area contributed by atoms with Crippen LogP contribution in [-0.4, -0.2) is 15.9 Å². The standard InChI is InChI=1S/C14H12N4OS/c15-13(19)11(9-4-2-1-3-5-9)18-14-12-10(6-7-20-12)16-8-17-14/h1-8,11H,(H2,15,19)(H,16,17,18)/t11-/m0/s1. The topological polar surface area (TPSA) is 80.9 Å². The van der Waals surface area contributed by atoms with E-state index < -0.39 is 11.9 Å². The minimum Gasteiger partial charge on any atom is -0.368 e. The van der Waals surface area contributed by atoms with Crippen LogP contribution in [0.4, 0.5) is 5.82 Å². The summed E-state index contributed by atoms with van der Waals surface area (Å²) in [4.78, 5) is 20.1. The number of benzene rings is 1. The Labute approximate surface area is 119 Å². The second kappa shape index (κ2) is 5.26. The van der Waals surface area contributed by atoms with Crippen LogP contribution in [-0.2, 0) is 4.79 Å². The molecule has 5 nitrogen and oxygen atoms in total. The Kier molecular flexibility index (Phi) is 3.30. The van der Waals surface area contributed by atoms with Gasteiger partial charge in [0.05, 0.1) is 10.2 Å². The first-order valence-corrected chi connectivity index (χ1v) is 6.92. The highest BCUT2D eigenvalue weighted by Gasteiger charge is 2.19. The Morgan fingerprint density at radius 3 is 2.75 bits per heavy atom. The van der Waals surface area contributed by atoms with Crippen LogP contribution in [0.1, 0.15) is 11.6 Å². The van der Waals surface area contributed by atoms with E-state index in [1.807, 2.05) is 41.8 Å². The van der Waals surface area contributed by atoms with Crippen molar-refractivity contribution in [2.45, 2.75) is 6.04 Å². The molecule has 0 saturated heterocycles. The second-order valence-electron chi connectivity index (χ2n) is 4.25. The number of rotatable bonds is 4. The summed E-state index contributed by atoms with van der Waals surface area (Å²) in [6.07, 6.45) is 1.47. The molecule has 0 fully saturated rings. The molecule has 0 radical (unpaired) electrons. The third-order valence-corrected chi connectivity index (χ3v) is 3.85. The molecule has 0 aliphatic heterocycles. The average Bonchev–Trinajstić information content (AvgIpc) is 2.94. The SMILES string of the molecule is NC(=O)[C@@H](Nc1ncnc2ccsc12)c1ccccc1. The van der Waals surface area contributed by atoms with Gasteiger partial charge in [0.1, 0.15) is 18.2 Å². The van der Waals surface area contributed by atoms with Crippen molar-refractivity contribution in [2.75, 3.05) is 5.32 Å². The number of aromatic nitrogens is 2. The molecule has 2 aromatic heterocycles. The van der Waals surface area contributed by atoms with Crippen molar-refractivity contribution in [1.29, 1.82) is 0 Å². The van der Waals surface area contributed by atoms with Gasteiger partial charge in [-0.15, -0.1) is 11.3 Å². The zero-order valence-electron chi connectivity index (χ0n) is 10.5. The van der Waals surface area contributed by atoms with Crippen molar-refractivity contribution in [1.82, 2.24) is 9.97 Å². The highest BCUT2D eigenvalue weighted by molar-refractivity contribution is 7.17. The fourth-order valence-corrected chi connectivity index (χ4v) is 2.79. The highest BCUT2D eigenvalue weighted by Crippen LogP contribution is 2.27. The van der Waals surface area contributed by atoms with E-state index in [0.717, 1.165) is 15.8 Å². The molecule has 6 heteroatoms. The number of thiophene rings is 1. The minimum atomic E-state index is -0.614. The second-order valence-corrected chi connectivity index (χ2v) is 5.16. The predicted molar refractivity (Wildman–Crippen MR) is 79.4 cm³/mol. The van der Waals surface area contributed by atoms with Gasteiger partial charge in [0, 0.05) is 0 Å². The van der Waals surface area contributed by atoms with Crippen LogP contribution in [0.25, 0.3) is 10.2 Å². The summed E-state index contributed by atoms with van der Waals surface area (Å²) in [5.41, 5.74) is 7.15. The maximum Gasteiger partial charge on any atom is 0.244 e. The van der Waals surface area contributed by atoms with Crippen molar-refractivity contribution in [3.63, 3.8) is 0 Å². The first kappa shape index (κ1) is 12.6. The molecule has 1 atom stereocenters. The maximum atomic E-state index is 11.7. The first-order valence-electron chi connectivity index (χ1n) is 6.04. The normalized spacial score (nSPS) is 12.2. The van der Waals surface area contributed by atoms with Gasteiger partial charge in [0.2, 0.25) is 5.91 Å². The molecular weight excluding hydrogens is 272 g/mol. The van der Waals surface area contributed by atoms with Crippen LogP contribution in [0.2, 0.25) is 0 Å². The molecule has 0 bridgehead atoms. The molecule has 3 N–H and O–H groups in total. The molecule has 1 aromatic carbocycles. The first-order chi connectivity index (χ1) is 9.75. The number of nitrogens with two attached hydrogens (primary N) is 1. The van der Waals surface area contributed by atoms with Gasteiger partial charge >= 0.3 is 0 Å². The highest BCUT2D eigenvalue weighted by atomic mass is 32.1. The van der Waals surface area contributed by atoms with Crippen molar-refractivity contribution >= 4 is 33.3 Å². The summed E-state index contributed by atoms with van der Waals surface area (Å²) >= 11 is 1.52. The molecule has 20 heavy (non-hydrogen) atoms. The van der Waals surface area contributed by atoms with Gasteiger partial charge in [-0.3, -0.25) is 4.79 Å². The van der Waals surface area contributed by atoms with Gasteiger partial charge in [-0.1, -0.05) is 30.3 Å². The number of hydrogen-bond donors (Lipinski definition) is 2. The van der Waals surface area contributed by atoms with E-state index >= 15 is 0 Å². The number of amides is 1. The Morgan fingerprint density at radius 1 is 1.20 bits per heavy atom. The molecule has 2 heterocycles. The molecule has 0 aliphatic rings. The molecule has 1 amide bonds. The van der Waals surface area contributed by atoms with Crippen molar-refractivity contribution < 1.29 is 4.79 Å². The lowest BCUT2D eigenvalue weighted by molar-refractivity contribution is -0.118. The average molecular weight is 284 g/mol. The van der Waals surface area contributed by atoms with Crippen LogP contribution < -0.4 is 11.1 Å². The Morgan fingerprint density at radius 2 is 2.00 bits per heavy atom. The van der Waals surface area contributed by atoms with E-state index in [-0.39, 0.29) is 0 Å². The molecular formula is C14H12N4OS. The maximum absolute atomic E-state index is 11.7. The number of anilines is 1. The van der Waals surface area contributed by atoms with Gasteiger partial charge in [-0.25, -0.2) is 9.97 Å². The van der Waals surface area contributed by atoms with Gasteiger partial charge in [-0.05, 0) is 17.0 Å². The van der Waals surface area contributed by atoms with Gasteiger partial charge in [-0.2, -0.15) is 0 Å². The zero-order valence-corrected chi connectivity index (χ0v) is 11.3. The molecule has 0 spiro atoms. The van der Waals surface area contributed by atoms with Crippen LogP contribution in [0.15, 0.2) is 48.1 Å². The Balaban J connectivity index is 1.99. The van der Waals surface area contributed by atoms with Crippen LogP contribution in [0, 0.1) is 0 Å². The smallest absolute Gasteiger partial charge is 0.244 e. The summed E-state index contributed by atoms with van der Waals surface area (Å²) < 4.78 is 0.912. The van der Waals surface area contributed by atoms with E-state index in [9.17, 15) is 4.79 Å². The van der Waals surface area contributed by atoms with E-state index in [0.29, 0.717) is 5.82 Å². The number of carbonyl (C=O) groups is 1. The molecule has 100 valence electrons. The fourth-order valence-electron chi connectivity index (χ4n) is 1.99. The van der Waals surface area contributed by atoms with E-state index in [1.165, 1.54) is 17.7 Å². The van der Waals surface area contributed by atoms with Gasteiger partial charge in [0.15, 0.2) is 0 Å². The summed E-state index contributed by atoms with van der Waals surface area (Å²) in [7, 11) is 0. The largest absolute Gasteiger partial charge is 0.368 e. The predicted octanol–water partition coefficient (Wildman–Crippen LogP) is 2.33. The number of fused-ring (bicyclic) bond motifs is 1. The number of carbonyl (C=O) groups excluding carboxylic acids is 1. The number of nitrogens with zero attached hydrogens (tertiary/aromatic N) is 2. The quantitative estimate of drug-likeness (QED) is 0.770. The minimum absolute atomic E-state index is 0.445. The monoisotopic (exact) mass is 284 g/mol. The summed E-state index contributed by atoms with van der Waals surface area (Å²) in [6, 6.07) is 10.6. The van der Waals surface area contributed by atoms with Gasteiger partial charge in [0.25, 0.3) is 0 Å². The zero-order chi connectivity index (χ0) is 13.9. The number of hydrogen-bond acceptors (Lipinski definition) is 5. The third kappa shape index (κ3) is 2.33.